The Balaban J connectivity index is 3.23. The molecule has 0 amide bonds. The van der Waals surface area contributed by atoms with Gasteiger partial charge in [-0.25, -0.2) is 11.7 Å². The fraction of sp³-hybridized carbons (Fsp3) is 0.500. The van der Waals surface area contributed by atoms with E-state index >= 15 is 0 Å². The van der Waals surface area contributed by atoms with Crippen molar-refractivity contribution in [1.29, 1.82) is 0 Å². The van der Waals surface area contributed by atoms with E-state index in [0.717, 1.165) is 5.75 Å². The first-order valence-corrected chi connectivity index (χ1v) is 3.31. The minimum atomic E-state index is 0.177. The Morgan fingerprint density at radius 3 is 1.80 bits per heavy atom. The lowest BCUT2D eigenvalue weighted by molar-refractivity contribution is 1.54. The lowest BCUT2D eigenvalue weighted by atomic mass is 11.0. The first kappa shape index (κ1) is 5.09. The summed E-state index contributed by atoms with van der Waals surface area (Å²) in [6.45, 7) is 2.09. The minimum absolute atomic E-state index is 0.177. The molecular weight excluding hydrogens is 80.1 g/mol. The van der Waals surface area contributed by atoms with Crippen LogP contribution in [0.3, 0.4) is 0 Å². The average molecular weight is 89.2 g/mol. The van der Waals surface area contributed by atoms with Gasteiger partial charge < -0.3 is 10.1 Å². The van der Waals surface area contributed by atoms with Crippen LogP contribution in [0.15, 0.2) is 0 Å². The summed E-state index contributed by atoms with van der Waals surface area (Å²) in [4.78, 5) is 0. The van der Waals surface area contributed by atoms with Crippen LogP contribution in [0.1, 0.15) is 6.92 Å². The van der Waals surface area contributed by atoms with Gasteiger partial charge in [0.2, 0.25) is 0 Å². The lowest BCUT2D eigenvalue weighted by Gasteiger charge is -1.90. The highest BCUT2D eigenvalue weighted by Crippen LogP contribution is 1.53. The van der Waals surface area contributed by atoms with E-state index in [1.807, 2.05) is 0 Å². The molecule has 1 heteroatoms. The van der Waals surface area contributed by atoms with Crippen molar-refractivity contribution in [3.63, 3.8) is 0 Å². The average Bonchev–Trinajstić information content (AvgIpc) is 1.38. The first-order chi connectivity index (χ1) is 2.27. The van der Waals surface area contributed by atoms with Crippen molar-refractivity contribution in [2.24, 2.45) is 0 Å². The monoisotopic (exact) mass is 89.0 g/mol. The Labute approximate surface area is 35.3 Å². The van der Waals surface area contributed by atoms with Gasteiger partial charge in [0.05, 0.1) is 0 Å². The fourth-order valence-corrected chi connectivity index (χ4v) is 0. The van der Waals surface area contributed by atoms with E-state index < -0.39 is 0 Å². The van der Waals surface area contributed by atoms with E-state index in [-0.39, 0.29) is 10.1 Å². The highest BCUT2D eigenvalue weighted by molar-refractivity contribution is 7.91. The minimum Gasteiger partial charge on any atom is -0.485 e. The predicted molar refractivity (Wildman–Crippen MR) is 32.1 cm³/mol. The predicted octanol–water partition coefficient (Wildman–Crippen LogP) is 0.489. The molecule has 0 aromatic heterocycles. The molecule has 0 aliphatic heterocycles. The van der Waals surface area contributed by atoms with Gasteiger partial charge in [0.25, 0.3) is 0 Å². The smallest absolute Gasteiger partial charge is 0.0842 e. The summed E-state index contributed by atoms with van der Waals surface area (Å²) in [5.74, 6) is 8.46. The van der Waals surface area contributed by atoms with Gasteiger partial charge in [0.1, 0.15) is 0 Å². The normalized spacial score (nSPS) is 9.20. The number of rotatable bonds is 1. The summed E-state index contributed by atoms with van der Waals surface area (Å²) in [5.41, 5.74) is 0. The molecule has 0 atom stereocenters. The van der Waals surface area contributed by atoms with Gasteiger partial charge in [0.15, 0.2) is 0 Å². The van der Waals surface area contributed by atoms with E-state index in [9.17, 15) is 0 Å². The third-order valence-electron chi connectivity index (χ3n) is 0.408. The van der Waals surface area contributed by atoms with E-state index in [1.54, 1.807) is 0 Å². The third kappa shape index (κ3) is 4.09. The highest BCUT2D eigenvalue weighted by Gasteiger charge is 1.37. The van der Waals surface area contributed by atoms with Gasteiger partial charge in [-0.15, -0.1) is 5.75 Å². The fourth-order valence-electron chi connectivity index (χ4n) is 0. The molecule has 5 heavy (non-hydrogen) atoms. The van der Waals surface area contributed by atoms with Crippen LogP contribution in [0.5, 0.6) is 0 Å². The molecule has 0 spiro atoms. The van der Waals surface area contributed by atoms with E-state index in [4.69, 9.17) is 0 Å². The lowest BCUT2D eigenvalue weighted by Crippen LogP contribution is -1.72. The summed E-state index contributed by atoms with van der Waals surface area (Å²) >= 11 is 0. The molecule has 0 saturated carbocycles. The second-order valence-corrected chi connectivity index (χ2v) is 2.70. The van der Waals surface area contributed by atoms with Crippen molar-refractivity contribution in [1.82, 2.24) is 0 Å². The van der Waals surface area contributed by atoms with Crippen molar-refractivity contribution in [3.8, 4) is 0 Å². The third-order valence-corrected chi connectivity index (χ3v) is 1.22. The van der Waals surface area contributed by atoms with Gasteiger partial charge in [-0.2, -0.15) is 0 Å². The van der Waals surface area contributed by atoms with Crippen molar-refractivity contribution >= 4 is 21.8 Å². The molecule has 0 nitrogen and oxygen atoms in total. The van der Waals surface area contributed by atoms with Gasteiger partial charge in [-0.1, -0.05) is 6.92 Å². The standard InChI is InChI=1S/C4H9S/c1-4-5(2)3/h2-4H2,1H3/q-1. The Hall–Kier alpha value is 0.0900. The first-order valence-electron chi connectivity index (χ1n) is 1.57. The Bertz CT molecular complexity index is 61.7. The molecule has 0 heterocycles. The number of hydrogen-bond acceptors (Lipinski definition) is 1. The molecule has 0 aliphatic rings. The van der Waals surface area contributed by atoms with Gasteiger partial charge in [-0.05, 0) is 0 Å². The molecular formula is C4H9S-. The highest BCUT2D eigenvalue weighted by atomic mass is 32.2. The molecule has 0 N–H and O–H groups in total. The van der Waals surface area contributed by atoms with Gasteiger partial charge in [-0.3, -0.25) is 0 Å². The second kappa shape index (κ2) is 2.33. The maximum atomic E-state index is 3.67. The molecule has 0 aliphatic carbocycles. The van der Waals surface area contributed by atoms with Crippen LogP contribution < -0.4 is 0 Å². The zero-order valence-corrected chi connectivity index (χ0v) is 4.35. The summed E-state index contributed by atoms with van der Waals surface area (Å²) < 4.78 is 0. The van der Waals surface area contributed by atoms with Crippen LogP contribution in [-0.2, 0) is 10.1 Å². The maximum Gasteiger partial charge on any atom is -0.0842 e. The largest absolute Gasteiger partial charge is 0.485 e. The summed E-state index contributed by atoms with van der Waals surface area (Å²) in [6.07, 6.45) is 0. The van der Waals surface area contributed by atoms with E-state index in [2.05, 4.69) is 18.7 Å². The molecule has 32 valence electrons. The molecule has 0 saturated heterocycles. The quantitative estimate of drug-likeness (QED) is 0.324. The summed E-state index contributed by atoms with van der Waals surface area (Å²) in [7, 11) is 0.177. The second-order valence-electron chi connectivity index (χ2n) is 0.901. The zero-order valence-electron chi connectivity index (χ0n) is 3.53. The zero-order chi connectivity index (χ0) is 4.28. The van der Waals surface area contributed by atoms with Crippen molar-refractivity contribution in [2.75, 3.05) is 5.75 Å². The van der Waals surface area contributed by atoms with E-state index in [0.29, 0.717) is 0 Å². The molecule has 0 bridgehead atoms. The Kier molecular flexibility index (Phi) is 2.38. The SMILES string of the molecule is C=[S-](=C)CC. The summed E-state index contributed by atoms with van der Waals surface area (Å²) in [5, 5.41) is 0. The van der Waals surface area contributed by atoms with Crippen LogP contribution in [0.2, 0.25) is 0 Å². The Morgan fingerprint density at radius 2 is 1.80 bits per heavy atom. The van der Waals surface area contributed by atoms with Crippen molar-refractivity contribution in [2.45, 2.75) is 6.92 Å². The van der Waals surface area contributed by atoms with Crippen LogP contribution in [-0.4, -0.2) is 17.5 Å². The Morgan fingerprint density at radius 1 is 1.60 bits per heavy atom. The molecule has 0 aromatic carbocycles. The molecule has 0 aromatic rings. The topological polar surface area (TPSA) is 0 Å². The molecule has 0 unspecified atom stereocenters. The molecule has 0 rings (SSSR count). The van der Waals surface area contributed by atoms with Crippen LogP contribution in [0, 0.1) is 0 Å². The molecule has 0 radical (unpaired) electrons. The maximum absolute atomic E-state index is 3.67. The van der Waals surface area contributed by atoms with Crippen molar-refractivity contribution < 1.29 is 0 Å². The van der Waals surface area contributed by atoms with Gasteiger partial charge in [0, 0.05) is 0 Å². The van der Waals surface area contributed by atoms with Crippen LogP contribution in [0.4, 0.5) is 0 Å². The van der Waals surface area contributed by atoms with Gasteiger partial charge >= 0.3 is 0 Å². The van der Waals surface area contributed by atoms with Crippen molar-refractivity contribution in [3.05, 3.63) is 0 Å². The number of hydrogen-bond donors (Lipinski definition) is 0. The van der Waals surface area contributed by atoms with E-state index in [1.165, 1.54) is 0 Å². The molecule has 0 fully saturated rings. The van der Waals surface area contributed by atoms with Crippen LogP contribution >= 0.6 is 0 Å². The summed E-state index contributed by atoms with van der Waals surface area (Å²) in [6, 6.07) is 0. The van der Waals surface area contributed by atoms with Crippen LogP contribution in [0.25, 0.3) is 0 Å².